The number of H-pyrrole nitrogens is 1. The Morgan fingerprint density at radius 3 is 3.00 bits per heavy atom. The third-order valence-electron chi connectivity index (χ3n) is 4.09. The van der Waals surface area contributed by atoms with E-state index >= 15 is 0 Å². The first-order valence-electron chi connectivity index (χ1n) is 7.69. The van der Waals surface area contributed by atoms with E-state index in [1.807, 2.05) is 0 Å². The number of benzene rings is 1. The van der Waals surface area contributed by atoms with Crippen molar-refractivity contribution in [2.75, 3.05) is 6.54 Å². The highest BCUT2D eigenvalue weighted by Crippen LogP contribution is 2.22. The lowest BCUT2D eigenvalue weighted by Crippen LogP contribution is -2.37. The largest absolute Gasteiger partial charge is 0.350 e. The fraction of sp³-hybridized carbons (Fsp3) is 0.176. The van der Waals surface area contributed by atoms with Crippen molar-refractivity contribution in [2.24, 2.45) is 0 Å². The molecule has 1 aliphatic heterocycles. The summed E-state index contributed by atoms with van der Waals surface area (Å²) in [6.45, 7) is 0.738. The monoisotopic (exact) mass is 340 g/mol. The van der Waals surface area contributed by atoms with Gasteiger partial charge in [-0.1, -0.05) is 17.3 Å². The van der Waals surface area contributed by atoms with E-state index in [1.54, 1.807) is 17.0 Å². The van der Waals surface area contributed by atoms with Crippen LogP contribution in [0.4, 0.5) is 4.39 Å². The Hall–Kier alpha value is -3.29. The van der Waals surface area contributed by atoms with Crippen molar-refractivity contribution in [1.29, 1.82) is 0 Å². The number of hydrogen-bond acceptors (Lipinski definition) is 5. The molecule has 126 valence electrons. The maximum Gasteiger partial charge on any atom is 0.292 e. The number of fused-ring (bicyclic) bond motifs is 1. The second-order valence-electron chi connectivity index (χ2n) is 5.77. The van der Waals surface area contributed by atoms with E-state index in [2.05, 4.69) is 15.4 Å². The summed E-state index contributed by atoms with van der Waals surface area (Å²) in [6.07, 6.45) is 0.544. The van der Waals surface area contributed by atoms with Crippen LogP contribution in [0, 0.1) is 5.82 Å². The predicted octanol–water partition coefficient (Wildman–Crippen LogP) is 1.76. The van der Waals surface area contributed by atoms with Crippen molar-refractivity contribution in [3.05, 3.63) is 69.6 Å². The van der Waals surface area contributed by atoms with Crippen LogP contribution in [-0.4, -0.2) is 32.7 Å². The number of aromatic amines is 1. The van der Waals surface area contributed by atoms with Gasteiger partial charge in [0.2, 0.25) is 5.76 Å². The first-order valence-corrected chi connectivity index (χ1v) is 7.69. The SMILES string of the molecule is O=C(c1cc(-c2cccc(F)c2)no1)N1CCc2n[nH]c(=O)cc2C1. The highest BCUT2D eigenvalue weighted by molar-refractivity contribution is 5.92. The topological polar surface area (TPSA) is 92.1 Å². The number of halogens is 1. The Bertz CT molecular complexity index is 1010. The maximum atomic E-state index is 13.3. The van der Waals surface area contributed by atoms with Gasteiger partial charge in [-0.15, -0.1) is 0 Å². The number of nitrogens with zero attached hydrogens (tertiary/aromatic N) is 3. The summed E-state index contributed by atoms with van der Waals surface area (Å²) in [7, 11) is 0. The zero-order valence-corrected chi connectivity index (χ0v) is 13.0. The molecule has 0 atom stereocenters. The van der Waals surface area contributed by atoms with Gasteiger partial charge in [0.25, 0.3) is 11.5 Å². The standard InChI is InChI=1S/C17H13FN4O3/c18-12-3-1-2-10(6-12)14-8-15(25-21-14)17(24)22-5-4-13-11(9-22)7-16(23)20-19-13/h1-3,6-8H,4-5,9H2,(H,20,23). The van der Waals surface area contributed by atoms with Crippen molar-refractivity contribution in [2.45, 2.75) is 13.0 Å². The first kappa shape index (κ1) is 15.3. The van der Waals surface area contributed by atoms with Gasteiger partial charge in [0, 0.05) is 42.8 Å². The Labute approximate surface area is 141 Å². The summed E-state index contributed by atoms with van der Waals surface area (Å²) in [5.74, 6) is -0.652. The van der Waals surface area contributed by atoms with Crippen LogP contribution in [0.25, 0.3) is 11.3 Å². The van der Waals surface area contributed by atoms with Gasteiger partial charge in [0.15, 0.2) is 0 Å². The number of amides is 1. The highest BCUT2D eigenvalue weighted by Gasteiger charge is 2.26. The van der Waals surface area contributed by atoms with Crippen LogP contribution in [0.5, 0.6) is 0 Å². The van der Waals surface area contributed by atoms with Crippen LogP contribution in [-0.2, 0) is 13.0 Å². The minimum absolute atomic E-state index is 0.0699. The third kappa shape index (κ3) is 2.93. The number of rotatable bonds is 2. The Balaban J connectivity index is 1.57. The van der Waals surface area contributed by atoms with Crippen LogP contribution >= 0.6 is 0 Å². The quantitative estimate of drug-likeness (QED) is 0.767. The van der Waals surface area contributed by atoms with E-state index in [4.69, 9.17) is 4.52 Å². The molecule has 4 rings (SSSR count). The molecular weight excluding hydrogens is 327 g/mol. The molecule has 0 fully saturated rings. The molecule has 1 aromatic carbocycles. The zero-order chi connectivity index (χ0) is 17.4. The zero-order valence-electron chi connectivity index (χ0n) is 13.0. The number of carbonyl (C=O) groups excluding carboxylic acids is 1. The summed E-state index contributed by atoms with van der Waals surface area (Å²) < 4.78 is 18.5. The third-order valence-corrected chi connectivity index (χ3v) is 4.09. The van der Waals surface area contributed by atoms with Crippen LogP contribution in [0.15, 0.2) is 45.7 Å². The second-order valence-corrected chi connectivity index (χ2v) is 5.77. The van der Waals surface area contributed by atoms with Gasteiger partial charge >= 0.3 is 0 Å². The van der Waals surface area contributed by atoms with Gasteiger partial charge in [-0.05, 0) is 12.1 Å². The summed E-state index contributed by atoms with van der Waals surface area (Å²) in [6, 6.07) is 8.83. The van der Waals surface area contributed by atoms with E-state index in [0.29, 0.717) is 29.8 Å². The molecule has 1 N–H and O–H groups in total. The van der Waals surface area contributed by atoms with Crippen LogP contribution in [0.3, 0.4) is 0 Å². The van der Waals surface area contributed by atoms with Gasteiger partial charge in [-0.25, -0.2) is 9.49 Å². The smallest absolute Gasteiger partial charge is 0.292 e. The molecule has 25 heavy (non-hydrogen) atoms. The van der Waals surface area contributed by atoms with Gasteiger partial charge in [0.1, 0.15) is 11.5 Å². The van der Waals surface area contributed by atoms with E-state index in [0.717, 1.165) is 5.69 Å². The average molecular weight is 340 g/mol. The Morgan fingerprint density at radius 2 is 2.16 bits per heavy atom. The molecule has 2 aromatic heterocycles. The maximum absolute atomic E-state index is 13.3. The molecule has 1 amide bonds. The molecule has 0 aliphatic carbocycles. The van der Waals surface area contributed by atoms with Crippen molar-refractivity contribution in [1.82, 2.24) is 20.3 Å². The number of aromatic nitrogens is 3. The van der Waals surface area contributed by atoms with Gasteiger partial charge in [0.05, 0.1) is 5.69 Å². The molecule has 0 saturated carbocycles. The molecule has 0 bridgehead atoms. The predicted molar refractivity (Wildman–Crippen MR) is 85.2 cm³/mol. The number of nitrogens with one attached hydrogen (secondary N) is 1. The molecule has 3 aromatic rings. The lowest BCUT2D eigenvalue weighted by atomic mass is 10.1. The lowest BCUT2D eigenvalue weighted by molar-refractivity contribution is 0.0691. The van der Waals surface area contributed by atoms with Crippen molar-refractivity contribution in [3.8, 4) is 11.3 Å². The summed E-state index contributed by atoms with van der Waals surface area (Å²) in [4.78, 5) is 25.6. The normalized spacial score (nSPS) is 13.6. The fourth-order valence-corrected chi connectivity index (χ4v) is 2.84. The molecule has 1 aliphatic rings. The average Bonchev–Trinajstić information content (AvgIpc) is 3.10. The molecule has 3 heterocycles. The molecule has 0 saturated heterocycles. The van der Waals surface area contributed by atoms with E-state index in [1.165, 1.54) is 24.3 Å². The lowest BCUT2D eigenvalue weighted by Gasteiger charge is -2.26. The molecular formula is C17H13FN4O3. The summed E-state index contributed by atoms with van der Waals surface area (Å²) in [5, 5.41) is 10.2. The van der Waals surface area contributed by atoms with Crippen molar-refractivity contribution in [3.63, 3.8) is 0 Å². The molecule has 7 nitrogen and oxygen atoms in total. The van der Waals surface area contributed by atoms with Gasteiger partial charge in [-0.2, -0.15) is 5.10 Å². The minimum atomic E-state index is -0.390. The summed E-state index contributed by atoms with van der Waals surface area (Å²) >= 11 is 0. The Morgan fingerprint density at radius 1 is 1.28 bits per heavy atom. The van der Waals surface area contributed by atoms with E-state index < -0.39 is 5.82 Å². The van der Waals surface area contributed by atoms with Gasteiger partial charge in [-0.3, -0.25) is 9.59 Å². The number of carbonyl (C=O) groups is 1. The minimum Gasteiger partial charge on any atom is -0.350 e. The number of hydrogen-bond donors (Lipinski definition) is 1. The van der Waals surface area contributed by atoms with Crippen molar-refractivity contribution < 1.29 is 13.7 Å². The van der Waals surface area contributed by atoms with Crippen molar-refractivity contribution >= 4 is 5.91 Å². The summed E-state index contributed by atoms with van der Waals surface area (Å²) in [5.41, 5.74) is 2.11. The van der Waals surface area contributed by atoms with Crippen LogP contribution in [0.2, 0.25) is 0 Å². The second kappa shape index (κ2) is 5.97. The molecule has 0 spiro atoms. The van der Waals surface area contributed by atoms with Crippen LogP contribution < -0.4 is 5.56 Å². The van der Waals surface area contributed by atoms with E-state index in [9.17, 15) is 14.0 Å². The molecule has 0 radical (unpaired) electrons. The van der Waals surface area contributed by atoms with E-state index in [-0.39, 0.29) is 23.8 Å². The molecule has 8 heteroatoms. The van der Waals surface area contributed by atoms with Gasteiger partial charge < -0.3 is 9.42 Å². The molecule has 0 unspecified atom stereocenters. The highest BCUT2D eigenvalue weighted by atomic mass is 19.1. The van der Waals surface area contributed by atoms with Crippen LogP contribution in [0.1, 0.15) is 21.8 Å². The first-order chi connectivity index (χ1) is 12.1. The fourth-order valence-electron chi connectivity index (χ4n) is 2.84. The Kier molecular flexibility index (Phi) is 3.64.